The summed E-state index contributed by atoms with van der Waals surface area (Å²) in [5.74, 6) is -1.36. The van der Waals surface area contributed by atoms with Crippen LogP contribution in [0.4, 0.5) is 4.39 Å². The number of esters is 1. The number of benzene rings is 2. The second-order valence-electron chi connectivity index (χ2n) is 14.8. The molecule has 0 aliphatic carbocycles. The van der Waals surface area contributed by atoms with E-state index in [2.05, 4.69) is 13.8 Å². The monoisotopic (exact) mass is 755 g/mol. The van der Waals surface area contributed by atoms with Crippen LogP contribution in [0.25, 0.3) is 0 Å². The molecule has 11 nitrogen and oxygen atoms in total. The first kappa shape index (κ1) is 45.4. The van der Waals surface area contributed by atoms with E-state index in [-0.39, 0.29) is 37.3 Å². The van der Waals surface area contributed by atoms with Crippen LogP contribution in [0, 0.1) is 23.1 Å². The van der Waals surface area contributed by atoms with Gasteiger partial charge in [0.2, 0.25) is 5.78 Å². The van der Waals surface area contributed by atoms with Crippen LogP contribution in [0.3, 0.4) is 0 Å². The molecule has 1 aliphatic heterocycles. The van der Waals surface area contributed by atoms with E-state index in [9.17, 15) is 33.5 Å². The molecule has 2 aromatic carbocycles. The molecule has 54 heavy (non-hydrogen) atoms. The Kier molecular flexibility index (Phi) is 18.9. The summed E-state index contributed by atoms with van der Waals surface area (Å²) in [6.07, 6.45) is 8.89. The number of amides is 1. The SMILES string of the molecule is CC(C)CC/C=C\C(=O)OCC(C)(C)C(=O)C(=O)N1CCCC[C@@H]1C(=O)O.COc1ccc(CCCc2cc(F)cc(OCC(=O)C(C)C)c2)cc1OC. The summed E-state index contributed by atoms with van der Waals surface area (Å²) in [5, 5.41) is 9.27. The molecule has 1 fully saturated rings. The minimum Gasteiger partial charge on any atom is -0.493 e. The number of rotatable bonds is 19. The molecule has 1 amide bonds. The number of hydrogen-bond donors (Lipinski definition) is 1. The number of hydrogen-bond acceptors (Lipinski definition) is 9. The van der Waals surface area contributed by atoms with Crippen LogP contribution in [0.5, 0.6) is 17.2 Å². The molecule has 1 heterocycles. The molecule has 1 aliphatic rings. The Morgan fingerprint density at radius 2 is 1.63 bits per heavy atom. The lowest BCUT2D eigenvalue weighted by molar-refractivity contribution is -0.159. The van der Waals surface area contributed by atoms with Crippen molar-refractivity contribution < 1.29 is 52.4 Å². The van der Waals surface area contributed by atoms with Gasteiger partial charge in [0.05, 0.1) is 19.6 Å². The highest BCUT2D eigenvalue weighted by Gasteiger charge is 2.41. The largest absolute Gasteiger partial charge is 0.493 e. The molecule has 0 spiro atoms. The van der Waals surface area contributed by atoms with Crippen molar-refractivity contribution >= 4 is 29.4 Å². The number of halogens is 1. The number of methoxy groups -OCH3 is 2. The number of likely N-dealkylation sites (tertiary alicyclic amines) is 1. The molecule has 12 heteroatoms. The maximum absolute atomic E-state index is 13.8. The lowest BCUT2D eigenvalue weighted by Gasteiger charge is -2.34. The van der Waals surface area contributed by atoms with E-state index in [4.69, 9.17) is 18.9 Å². The Labute approximate surface area is 319 Å². The Hall–Kier alpha value is -4.74. The van der Waals surface area contributed by atoms with Gasteiger partial charge in [-0.3, -0.25) is 14.4 Å². The summed E-state index contributed by atoms with van der Waals surface area (Å²) < 4.78 is 35.0. The van der Waals surface area contributed by atoms with Crippen molar-refractivity contribution in [1.82, 2.24) is 4.90 Å². The molecule has 3 rings (SSSR count). The molecule has 1 N–H and O–H groups in total. The minimum absolute atomic E-state index is 0.00531. The maximum atomic E-state index is 13.8. The van der Waals surface area contributed by atoms with Crippen LogP contribution in [-0.4, -0.2) is 79.4 Å². The fraction of sp³-hybridized carbons (Fsp3) is 0.548. The molecule has 0 aromatic heterocycles. The Morgan fingerprint density at radius 1 is 0.944 bits per heavy atom. The minimum atomic E-state index is -1.22. The fourth-order valence-electron chi connectivity index (χ4n) is 5.53. The first-order valence-electron chi connectivity index (χ1n) is 18.6. The van der Waals surface area contributed by atoms with Crippen molar-refractivity contribution in [3.63, 3.8) is 0 Å². The number of aryl methyl sites for hydroxylation is 2. The lowest BCUT2D eigenvalue weighted by Crippen LogP contribution is -2.53. The Morgan fingerprint density at radius 3 is 2.26 bits per heavy atom. The summed E-state index contributed by atoms with van der Waals surface area (Å²) >= 11 is 0. The van der Waals surface area contributed by atoms with E-state index < -0.39 is 35.1 Å². The van der Waals surface area contributed by atoms with Gasteiger partial charge in [0.25, 0.3) is 5.91 Å². The first-order chi connectivity index (χ1) is 25.5. The van der Waals surface area contributed by atoms with E-state index in [1.54, 1.807) is 26.4 Å². The first-order valence-corrected chi connectivity index (χ1v) is 18.6. The van der Waals surface area contributed by atoms with Gasteiger partial charge in [-0.15, -0.1) is 0 Å². The van der Waals surface area contributed by atoms with Gasteiger partial charge in [-0.05, 0) is 107 Å². The number of carboxylic acid groups (broad SMARTS) is 1. The third-order valence-corrected chi connectivity index (χ3v) is 8.93. The zero-order chi connectivity index (χ0) is 40.4. The van der Waals surface area contributed by atoms with E-state index in [0.29, 0.717) is 48.8 Å². The average molecular weight is 756 g/mol. The predicted octanol–water partition coefficient (Wildman–Crippen LogP) is 7.21. The van der Waals surface area contributed by atoms with E-state index in [1.807, 2.05) is 32.0 Å². The zero-order valence-electron chi connectivity index (χ0n) is 33.1. The second-order valence-corrected chi connectivity index (χ2v) is 14.8. The van der Waals surface area contributed by atoms with Gasteiger partial charge in [0, 0.05) is 24.6 Å². The van der Waals surface area contributed by atoms with Gasteiger partial charge in [-0.1, -0.05) is 39.8 Å². The van der Waals surface area contributed by atoms with E-state index >= 15 is 0 Å². The second kappa shape index (κ2) is 22.5. The summed E-state index contributed by atoms with van der Waals surface area (Å²) in [7, 11) is 3.22. The van der Waals surface area contributed by atoms with Gasteiger partial charge in [0.1, 0.15) is 30.8 Å². The standard InChI is InChI=1S/C22H27FO4.C20H31NO6/c1-15(2)20(24)14-27-19-11-17(10-18(23)13-19)7-5-6-16-8-9-21(25-3)22(12-16)26-4;1-14(2)9-5-6-11-16(22)27-13-20(3,4)17(23)18(24)21-12-8-7-10-15(21)19(25)26/h8-13,15H,5-7,14H2,1-4H3;6,11,14-15H,5,7-10,12-13H2,1-4H3,(H,25,26)/b;11-6-/t;15-/m.1/s1. The number of allylic oxidation sites excluding steroid dienone is 1. The van der Waals surface area contributed by atoms with Crippen molar-refractivity contribution in [2.45, 2.75) is 99.0 Å². The van der Waals surface area contributed by atoms with Crippen molar-refractivity contribution in [2.24, 2.45) is 17.3 Å². The molecular weight excluding hydrogens is 697 g/mol. The highest BCUT2D eigenvalue weighted by molar-refractivity contribution is 6.38. The number of ether oxygens (including phenoxy) is 4. The van der Waals surface area contributed by atoms with Crippen LogP contribution < -0.4 is 14.2 Å². The lowest BCUT2D eigenvalue weighted by atomic mass is 9.87. The van der Waals surface area contributed by atoms with Gasteiger partial charge in [-0.25, -0.2) is 14.0 Å². The third-order valence-electron chi connectivity index (χ3n) is 8.93. The molecule has 1 saturated heterocycles. The van der Waals surface area contributed by atoms with Crippen molar-refractivity contribution in [3.05, 3.63) is 65.5 Å². The van der Waals surface area contributed by atoms with Crippen molar-refractivity contribution in [1.29, 1.82) is 0 Å². The quantitative estimate of drug-likeness (QED) is 0.0887. The van der Waals surface area contributed by atoms with Crippen LogP contribution in [0.1, 0.15) is 91.2 Å². The van der Waals surface area contributed by atoms with Crippen LogP contribution in [-0.2, 0) is 41.6 Å². The van der Waals surface area contributed by atoms with Crippen LogP contribution >= 0.6 is 0 Å². The number of aliphatic carboxylic acids is 1. The number of piperidine rings is 1. The van der Waals surface area contributed by atoms with Gasteiger partial charge >= 0.3 is 11.9 Å². The average Bonchev–Trinajstić information content (AvgIpc) is 3.13. The molecule has 0 bridgehead atoms. The summed E-state index contributed by atoms with van der Waals surface area (Å²) in [5.41, 5.74) is 0.754. The number of ketones is 2. The molecular formula is C42H58FNO10. The number of carboxylic acids is 1. The highest BCUT2D eigenvalue weighted by Crippen LogP contribution is 2.28. The van der Waals surface area contributed by atoms with Gasteiger partial charge in [0.15, 0.2) is 17.3 Å². The third kappa shape index (κ3) is 15.3. The topological polar surface area (TPSA) is 146 Å². The number of carbonyl (C=O) groups excluding carboxylic acids is 4. The summed E-state index contributed by atoms with van der Waals surface area (Å²) in [6.45, 7) is 10.8. The van der Waals surface area contributed by atoms with Crippen LogP contribution in [0.15, 0.2) is 48.6 Å². The van der Waals surface area contributed by atoms with Gasteiger partial charge in [-0.2, -0.15) is 0 Å². The zero-order valence-corrected chi connectivity index (χ0v) is 33.1. The van der Waals surface area contributed by atoms with Gasteiger partial charge < -0.3 is 29.0 Å². The Bertz CT molecular complexity index is 1600. The fourth-order valence-corrected chi connectivity index (χ4v) is 5.53. The molecule has 298 valence electrons. The van der Waals surface area contributed by atoms with Crippen molar-refractivity contribution in [2.75, 3.05) is 34.0 Å². The number of nitrogens with zero attached hydrogens (tertiary/aromatic N) is 1. The van der Waals surface area contributed by atoms with Crippen LogP contribution in [0.2, 0.25) is 0 Å². The smallest absolute Gasteiger partial charge is 0.330 e. The van der Waals surface area contributed by atoms with Crippen molar-refractivity contribution in [3.8, 4) is 17.2 Å². The van der Waals surface area contributed by atoms with E-state index in [1.165, 1.54) is 32.1 Å². The molecule has 1 atom stereocenters. The number of carbonyl (C=O) groups is 5. The molecule has 0 unspecified atom stereocenters. The highest BCUT2D eigenvalue weighted by atomic mass is 19.1. The van der Waals surface area contributed by atoms with E-state index in [0.717, 1.165) is 41.7 Å². The molecule has 0 saturated carbocycles. The predicted molar refractivity (Wildman–Crippen MR) is 203 cm³/mol. The maximum Gasteiger partial charge on any atom is 0.330 e. The number of Topliss-reactive ketones (excluding diaryl/α,β-unsaturated/α-hetero) is 2. The molecule has 2 aromatic rings. The summed E-state index contributed by atoms with van der Waals surface area (Å²) in [4.78, 5) is 61.0. The Balaban J connectivity index is 0.000000373. The molecule has 0 radical (unpaired) electrons. The summed E-state index contributed by atoms with van der Waals surface area (Å²) in [6, 6.07) is 9.48. The normalized spacial score (nSPS) is 14.4.